The summed E-state index contributed by atoms with van der Waals surface area (Å²) in [4.78, 5) is 1.06. The molecule has 1 N–H and O–H groups in total. The predicted molar refractivity (Wildman–Crippen MR) is 89.7 cm³/mol. The van der Waals surface area contributed by atoms with E-state index >= 15 is 0 Å². The number of aryl methyl sites for hydroxylation is 2. The van der Waals surface area contributed by atoms with Gasteiger partial charge in [-0.2, -0.15) is 5.10 Å². The molecule has 2 aromatic heterocycles. The third kappa shape index (κ3) is 3.42. The Kier molecular flexibility index (Phi) is 4.52. The first-order valence-corrected chi connectivity index (χ1v) is 9.41. The average molecular weight is 342 g/mol. The van der Waals surface area contributed by atoms with E-state index in [1.165, 1.54) is 11.3 Å². The first-order chi connectivity index (χ1) is 10.0. The van der Waals surface area contributed by atoms with Gasteiger partial charge in [-0.1, -0.05) is 20.8 Å². The molecule has 0 aliphatic carbocycles. The molecular formula is C15H23N3O2S2. The van der Waals surface area contributed by atoms with Crippen LogP contribution in [0.3, 0.4) is 0 Å². The van der Waals surface area contributed by atoms with Crippen molar-refractivity contribution in [3.63, 3.8) is 0 Å². The SMILES string of the molecule is Cc1nn(C)c(C)c1CNS(=O)(=O)c1ccc(C(C)(C)C)s1. The van der Waals surface area contributed by atoms with Crippen LogP contribution >= 0.6 is 11.3 Å². The Morgan fingerprint density at radius 1 is 1.27 bits per heavy atom. The van der Waals surface area contributed by atoms with Crippen LogP contribution in [0.25, 0.3) is 0 Å². The van der Waals surface area contributed by atoms with E-state index in [-0.39, 0.29) is 12.0 Å². The monoisotopic (exact) mass is 341 g/mol. The molecule has 0 fully saturated rings. The van der Waals surface area contributed by atoms with E-state index < -0.39 is 10.0 Å². The molecule has 22 heavy (non-hydrogen) atoms. The molecule has 2 rings (SSSR count). The van der Waals surface area contributed by atoms with Crippen LogP contribution in [0.4, 0.5) is 0 Å². The second kappa shape index (κ2) is 5.79. The fourth-order valence-corrected chi connectivity index (χ4v) is 4.58. The van der Waals surface area contributed by atoms with E-state index in [2.05, 4.69) is 30.6 Å². The van der Waals surface area contributed by atoms with Gasteiger partial charge in [-0.25, -0.2) is 13.1 Å². The minimum Gasteiger partial charge on any atom is -0.272 e. The van der Waals surface area contributed by atoms with Crippen molar-refractivity contribution >= 4 is 21.4 Å². The Morgan fingerprint density at radius 2 is 1.91 bits per heavy atom. The Hall–Kier alpha value is -1.18. The second-order valence-electron chi connectivity index (χ2n) is 6.47. The van der Waals surface area contributed by atoms with Crippen molar-refractivity contribution < 1.29 is 8.42 Å². The van der Waals surface area contributed by atoms with Crippen LogP contribution in [0.2, 0.25) is 0 Å². The highest BCUT2D eigenvalue weighted by atomic mass is 32.2. The summed E-state index contributed by atoms with van der Waals surface area (Å²) < 4.78 is 29.7. The van der Waals surface area contributed by atoms with Crippen molar-refractivity contribution in [3.05, 3.63) is 34.0 Å². The Bertz CT molecular complexity index is 780. The molecule has 5 nitrogen and oxygen atoms in total. The maximum Gasteiger partial charge on any atom is 0.250 e. The van der Waals surface area contributed by atoms with Crippen molar-refractivity contribution in [2.75, 3.05) is 0 Å². The van der Waals surface area contributed by atoms with Gasteiger partial charge in [-0.15, -0.1) is 11.3 Å². The molecule has 0 amide bonds. The van der Waals surface area contributed by atoms with Gasteiger partial charge in [-0.05, 0) is 31.4 Å². The van der Waals surface area contributed by atoms with Gasteiger partial charge in [-0.3, -0.25) is 4.68 Å². The zero-order chi connectivity index (χ0) is 16.7. The summed E-state index contributed by atoms with van der Waals surface area (Å²) in [5.41, 5.74) is 2.71. The zero-order valence-electron chi connectivity index (χ0n) is 13.9. The standard InChI is InChI=1S/C15H23N3O2S2/c1-10-12(11(2)18(6)17-10)9-16-22(19,20)14-8-7-13(21-14)15(3,4)5/h7-8,16H,9H2,1-6H3. The molecule has 0 aliphatic rings. The summed E-state index contributed by atoms with van der Waals surface area (Å²) in [5.74, 6) is 0. The molecule has 122 valence electrons. The van der Waals surface area contributed by atoms with Crippen LogP contribution in [-0.4, -0.2) is 18.2 Å². The third-order valence-corrected chi connectivity index (χ3v) is 7.09. The van der Waals surface area contributed by atoms with Crippen LogP contribution in [0, 0.1) is 13.8 Å². The van der Waals surface area contributed by atoms with Crippen LogP contribution in [0.1, 0.15) is 42.6 Å². The van der Waals surface area contributed by atoms with Gasteiger partial charge in [0.15, 0.2) is 0 Å². The number of rotatable bonds is 4. The maximum atomic E-state index is 12.4. The van der Waals surface area contributed by atoms with E-state index in [9.17, 15) is 8.42 Å². The molecule has 2 heterocycles. The van der Waals surface area contributed by atoms with Crippen LogP contribution in [-0.2, 0) is 29.0 Å². The predicted octanol–water partition coefficient (Wildman–Crippen LogP) is 2.87. The minimum atomic E-state index is -3.49. The highest BCUT2D eigenvalue weighted by Gasteiger charge is 2.22. The first-order valence-electron chi connectivity index (χ1n) is 7.11. The minimum absolute atomic E-state index is 0.0467. The number of aromatic nitrogens is 2. The molecule has 0 atom stereocenters. The number of thiophene rings is 1. The molecule has 0 radical (unpaired) electrons. The Labute approximate surface area is 136 Å². The van der Waals surface area contributed by atoms with Gasteiger partial charge in [0.05, 0.1) is 5.69 Å². The molecule has 0 aromatic carbocycles. The number of sulfonamides is 1. The van der Waals surface area contributed by atoms with Gasteiger partial charge in [0.2, 0.25) is 10.0 Å². The number of nitrogens with zero attached hydrogens (tertiary/aromatic N) is 2. The molecule has 2 aromatic rings. The molecule has 0 saturated carbocycles. The van der Waals surface area contributed by atoms with E-state index in [4.69, 9.17) is 0 Å². The van der Waals surface area contributed by atoms with Crippen LogP contribution in [0.5, 0.6) is 0 Å². The van der Waals surface area contributed by atoms with Crippen molar-refractivity contribution in [2.24, 2.45) is 7.05 Å². The van der Waals surface area contributed by atoms with Crippen molar-refractivity contribution in [1.29, 1.82) is 0 Å². The normalized spacial score (nSPS) is 12.8. The van der Waals surface area contributed by atoms with Gasteiger partial charge in [0.25, 0.3) is 0 Å². The van der Waals surface area contributed by atoms with Gasteiger partial charge in [0.1, 0.15) is 4.21 Å². The lowest BCUT2D eigenvalue weighted by atomic mass is 9.95. The molecule has 0 bridgehead atoms. The quantitative estimate of drug-likeness (QED) is 0.930. The van der Waals surface area contributed by atoms with E-state index in [0.717, 1.165) is 21.8 Å². The highest BCUT2D eigenvalue weighted by molar-refractivity contribution is 7.91. The first kappa shape index (κ1) is 17.2. The largest absolute Gasteiger partial charge is 0.272 e. The molecule has 0 aliphatic heterocycles. The molecule has 0 unspecified atom stereocenters. The average Bonchev–Trinajstić information content (AvgIpc) is 2.95. The Balaban J connectivity index is 2.20. The molecule has 0 saturated heterocycles. The second-order valence-corrected chi connectivity index (χ2v) is 9.54. The molecule has 7 heteroatoms. The van der Waals surface area contributed by atoms with Gasteiger partial charge in [0, 0.05) is 29.7 Å². The zero-order valence-corrected chi connectivity index (χ0v) is 15.5. The molecular weight excluding hydrogens is 318 g/mol. The Morgan fingerprint density at radius 3 is 2.36 bits per heavy atom. The summed E-state index contributed by atoms with van der Waals surface area (Å²) >= 11 is 1.32. The number of nitrogens with one attached hydrogen (secondary N) is 1. The molecule has 0 spiro atoms. The lowest BCUT2D eigenvalue weighted by Crippen LogP contribution is -2.23. The number of hydrogen-bond acceptors (Lipinski definition) is 4. The van der Waals surface area contributed by atoms with Crippen molar-refractivity contribution in [3.8, 4) is 0 Å². The van der Waals surface area contributed by atoms with Crippen molar-refractivity contribution in [2.45, 2.75) is 50.8 Å². The van der Waals surface area contributed by atoms with Crippen LogP contribution in [0.15, 0.2) is 16.3 Å². The summed E-state index contributed by atoms with van der Waals surface area (Å²) in [7, 11) is -1.63. The summed E-state index contributed by atoms with van der Waals surface area (Å²) in [5, 5.41) is 4.30. The number of hydrogen-bond donors (Lipinski definition) is 1. The topological polar surface area (TPSA) is 64.0 Å². The summed E-state index contributed by atoms with van der Waals surface area (Å²) in [6.45, 7) is 10.3. The van der Waals surface area contributed by atoms with E-state index in [0.29, 0.717) is 4.21 Å². The lowest BCUT2D eigenvalue weighted by molar-refractivity contribution is 0.583. The smallest absolute Gasteiger partial charge is 0.250 e. The van der Waals surface area contributed by atoms with Gasteiger partial charge < -0.3 is 0 Å². The summed E-state index contributed by atoms with van der Waals surface area (Å²) in [6, 6.07) is 3.57. The van der Waals surface area contributed by atoms with Crippen molar-refractivity contribution in [1.82, 2.24) is 14.5 Å². The maximum absolute atomic E-state index is 12.4. The fraction of sp³-hybridized carbons (Fsp3) is 0.533. The van der Waals surface area contributed by atoms with E-state index in [1.807, 2.05) is 27.0 Å². The van der Waals surface area contributed by atoms with Crippen LogP contribution < -0.4 is 4.72 Å². The lowest BCUT2D eigenvalue weighted by Gasteiger charge is -2.15. The fourth-order valence-electron chi connectivity index (χ4n) is 2.18. The van der Waals surface area contributed by atoms with E-state index in [1.54, 1.807) is 10.7 Å². The summed E-state index contributed by atoms with van der Waals surface area (Å²) in [6.07, 6.45) is 0. The third-order valence-electron chi connectivity index (χ3n) is 3.68. The van der Waals surface area contributed by atoms with Gasteiger partial charge >= 0.3 is 0 Å². The highest BCUT2D eigenvalue weighted by Crippen LogP contribution is 2.31.